The van der Waals surface area contributed by atoms with Gasteiger partial charge in [0.05, 0.1) is 7.11 Å². The second kappa shape index (κ2) is 3.92. The van der Waals surface area contributed by atoms with Crippen molar-refractivity contribution in [3.05, 3.63) is 23.6 Å². The molecule has 1 aromatic rings. The molecule has 14 heavy (non-hydrogen) atoms. The minimum Gasteiger partial charge on any atom is -0.479 e. The van der Waals surface area contributed by atoms with Crippen molar-refractivity contribution in [1.82, 2.24) is 4.98 Å². The Labute approximate surface area is 83.1 Å². The van der Waals surface area contributed by atoms with E-state index in [0.717, 1.165) is 0 Å². The van der Waals surface area contributed by atoms with Crippen molar-refractivity contribution in [3.63, 3.8) is 0 Å². The van der Waals surface area contributed by atoms with Crippen LogP contribution in [0.5, 0.6) is 5.88 Å². The summed E-state index contributed by atoms with van der Waals surface area (Å²) in [6, 6.07) is 1.58. The Bertz CT molecular complexity index is 326. The largest absolute Gasteiger partial charge is 0.479 e. The van der Waals surface area contributed by atoms with Crippen LogP contribution in [0.2, 0.25) is 0 Å². The zero-order valence-corrected chi connectivity index (χ0v) is 8.67. The fourth-order valence-corrected chi connectivity index (χ4v) is 1.20. The molecule has 0 fully saturated rings. The molecule has 0 amide bonds. The minimum absolute atomic E-state index is 0.00683. The standard InChI is InChI=1S/C10H15FN2O/c1-4-10(2,12)7-5-6-13-9(14-3)8(7)11/h5-6H,4,12H2,1-3H3. The summed E-state index contributed by atoms with van der Waals surface area (Å²) in [4.78, 5) is 3.75. The van der Waals surface area contributed by atoms with Crippen LogP contribution in [-0.2, 0) is 5.54 Å². The van der Waals surface area contributed by atoms with Gasteiger partial charge in [0, 0.05) is 17.3 Å². The van der Waals surface area contributed by atoms with Crippen LogP contribution >= 0.6 is 0 Å². The summed E-state index contributed by atoms with van der Waals surface area (Å²) in [5.41, 5.74) is 5.70. The van der Waals surface area contributed by atoms with Crippen LogP contribution in [0.3, 0.4) is 0 Å². The lowest BCUT2D eigenvalue weighted by molar-refractivity contribution is 0.355. The fraction of sp³-hybridized carbons (Fsp3) is 0.500. The second-order valence-electron chi connectivity index (χ2n) is 3.45. The first-order chi connectivity index (χ1) is 6.53. The minimum atomic E-state index is -0.680. The molecule has 0 aliphatic rings. The summed E-state index contributed by atoms with van der Waals surface area (Å²) in [5, 5.41) is 0. The first kappa shape index (κ1) is 10.9. The van der Waals surface area contributed by atoms with Gasteiger partial charge in [-0.15, -0.1) is 0 Å². The lowest BCUT2D eigenvalue weighted by atomic mass is 9.91. The topological polar surface area (TPSA) is 48.1 Å². The maximum Gasteiger partial charge on any atom is 0.250 e. The van der Waals surface area contributed by atoms with E-state index in [1.54, 1.807) is 13.0 Å². The van der Waals surface area contributed by atoms with E-state index >= 15 is 0 Å². The van der Waals surface area contributed by atoms with E-state index in [1.807, 2.05) is 6.92 Å². The highest BCUT2D eigenvalue weighted by atomic mass is 19.1. The molecule has 1 aromatic heterocycles. The Morgan fingerprint density at radius 2 is 2.29 bits per heavy atom. The molecule has 0 aliphatic carbocycles. The van der Waals surface area contributed by atoms with Crippen molar-refractivity contribution in [1.29, 1.82) is 0 Å². The third kappa shape index (κ3) is 1.85. The second-order valence-corrected chi connectivity index (χ2v) is 3.45. The lowest BCUT2D eigenvalue weighted by Crippen LogP contribution is -2.33. The van der Waals surface area contributed by atoms with Crippen LogP contribution in [0.4, 0.5) is 4.39 Å². The zero-order chi connectivity index (χ0) is 10.8. The third-order valence-corrected chi connectivity index (χ3v) is 2.40. The van der Waals surface area contributed by atoms with Gasteiger partial charge in [0.1, 0.15) is 0 Å². The number of nitrogens with zero attached hydrogens (tertiary/aromatic N) is 1. The first-order valence-electron chi connectivity index (χ1n) is 4.50. The summed E-state index contributed by atoms with van der Waals surface area (Å²) >= 11 is 0. The molecule has 78 valence electrons. The predicted octanol–water partition coefficient (Wildman–Crippen LogP) is 1.81. The molecule has 3 nitrogen and oxygen atoms in total. The van der Waals surface area contributed by atoms with E-state index in [2.05, 4.69) is 4.98 Å². The van der Waals surface area contributed by atoms with E-state index < -0.39 is 11.4 Å². The van der Waals surface area contributed by atoms with Crippen molar-refractivity contribution in [2.45, 2.75) is 25.8 Å². The van der Waals surface area contributed by atoms with Gasteiger partial charge in [0.25, 0.3) is 0 Å². The quantitative estimate of drug-likeness (QED) is 0.805. The first-order valence-corrected chi connectivity index (χ1v) is 4.50. The Morgan fingerprint density at radius 1 is 1.64 bits per heavy atom. The number of pyridine rings is 1. The predicted molar refractivity (Wildman–Crippen MR) is 52.6 cm³/mol. The fourth-order valence-electron chi connectivity index (χ4n) is 1.20. The average molecular weight is 198 g/mol. The van der Waals surface area contributed by atoms with E-state index in [0.29, 0.717) is 12.0 Å². The van der Waals surface area contributed by atoms with Crippen LogP contribution < -0.4 is 10.5 Å². The van der Waals surface area contributed by atoms with Crippen LogP contribution in [-0.4, -0.2) is 12.1 Å². The molecular formula is C10H15FN2O. The smallest absolute Gasteiger partial charge is 0.250 e. The third-order valence-electron chi connectivity index (χ3n) is 2.40. The molecule has 0 aliphatic heterocycles. The monoisotopic (exact) mass is 198 g/mol. The van der Waals surface area contributed by atoms with Crippen LogP contribution in [0.25, 0.3) is 0 Å². The Balaban J connectivity index is 3.22. The molecule has 1 rings (SSSR count). The number of methoxy groups -OCH3 is 1. The summed E-state index contributed by atoms with van der Waals surface area (Å²) in [7, 11) is 1.38. The zero-order valence-electron chi connectivity index (χ0n) is 8.67. The molecule has 1 atom stereocenters. The van der Waals surface area contributed by atoms with E-state index in [9.17, 15) is 4.39 Å². The van der Waals surface area contributed by atoms with Crippen LogP contribution in [0, 0.1) is 5.82 Å². The van der Waals surface area contributed by atoms with Gasteiger partial charge in [0.2, 0.25) is 5.88 Å². The van der Waals surface area contributed by atoms with Crippen molar-refractivity contribution in [2.75, 3.05) is 7.11 Å². The summed E-state index contributed by atoms with van der Waals surface area (Å²) in [6.45, 7) is 3.69. The number of rotatable bonds is 3. The lowest BCUT2D eigenvalue weighted by Gasteiger charge is -2.23. The average Bonchev–Trinajstić information content (AvgIpc) is 2.18. The van der Waals surface area contributed by atoms with Gasteiger partial charge in [-0.25, -0.2) is 9.37 Å². The molecule has 4 heteroatoms. The molecule has 0 aromatic carbocycles. The normalized spacial score (nSPS) is 14.9. The van der Waals surface area contributed by atoms with Crippen molar-refractivity contribution in [2.24, 2.45) is 5.73 Å². The maximum absolute atomic E-state index is 13.7. The number of hydrogen-bond acceptors (Lipinski definition) is 3. The highest BCUT2D eigenvalue weighted by molar-refractivity contribution is 5.29. The molecule has 0 radical (unpaired) electrons. The highest BCUT2D eigenvalue weighted by Gasteiger charge is 2.24. The van der Waals surface area contributed by atoms with Gasteiger partial charge >= 0.3 is 0 Å². The van der Waals surface area contributed by atoms with Gasteiger partial charge in [-0.3, -0.25) is 0 Å². The van der Waals surface area contributed by atoms with Gasteiger partial charge in [0.15, 0.2) is 5.82 Å². The van der Waals surface area contributed by atoms with Crippen LogP contribution in [0.15, 0.2) is 12.3 Å². The van der Waals surface area contributed by atoms with Crippen molar-refractivity contribution in [3.8, 4) is 5.88 Å². The molecule has 1 unspecified atom stereocenters. The van der Waals surface area contributed by atoms with Gasteiger partial charge in [-0.05, 0) is 19.4 Å². The number of hydrogen-bond donors (Lipinski definition) is 1. The number of aromatic nitrogens is 1. The van der Waals surface area contributed by atoms with Gasteiger partial charge in [-0.2, -0.15) is 0 Å². The molecule has 1 heterocycles. The maximum atomic E-state index is 13.7. The Kier molecular flexibility index (Phi) is 3.06. The van der Waals surface area contributed by atoms with E-state index in [-0.39, 0.29) is 5.88 Å². The Hall–Kier alpha value is -1.16. The molecule has 0 spiro atoms. The molecule has 0 saturated heterocycles. The summed E-state index contributed by atoms with van der Waals surface area (Å²) in [6.07, 6.45) is 2.15. The molecular weight excluding hydrogens is 183 g/mol. The van der Waals surface area contributed by atoms with Gasteiger partial charge in [-0.1, -0.05) is 6.92 Å². The van der Waals surface area contributed by atoms with Gasteiger partial charge < -0.3 is 10.5 Å². The molecule has 2 N–H and O–H groups in total. The summed E-state index contributed by atoms with van der Waals surface area (Å²) in [5.74, 6) is -0.477. The number of nitrogens with two attached hydrogens (primary N) is 1. The molecule has 0 bridgehead atoms. The highest BCUT2D eigenvalue weighted by Crippen LogP contribution is 2.27. The summed E-state index contributed by atoms with van der Waals surface area (Å²) < 4.78 is 18.5. The number of ether oxygens (including phenoxy) is 1. The Morgan fingerprint density at radius 3 is 2.79 bits per heavy atom. The van der Waals surface area contributed by atoms with E-state index in [1.165, 1.54) is 13.3 Å². The number of halogens is 1. The van der Waals surface area contributed by atoms with Crippen LogP contribution in [0.1, 0.15) is 25.8 Å². The van der Waals surface area contributed by atoms with Crippen molar-refractivity contribution < 1.29 is 9.13 Å². The molecule has 0 saturated carbocycles. The van der Waals surface area contributed by atoms with Crippen molar-refractivity contribution >= 4 is 0 Å². The van der Waals surface area contributed by atoms with E-state index in [4.69, 9.17) is 10.5 Å². The SMILES string of the molecule is CCC(C)(N)c1ccnc(OC)c1F.